The summed E-state index contributed by atoms with van der Waals surface area (Å²) in [6.07, 6.45) is 2.77. The number of methoxy groups -OCH3 is 1. The second kappa shape index (κ2) is 10.1. The summed E-state index contributed by atoms with van der Waals surface area (Å²) in [6.45, 7) is 8.99. The molecule has 0 aliphatic heterocycles. The first kappa shape index (κ1) is 15.9. The van der Waals surface area contributed by atoms with Gasteiger partial charge in [-0.2, -0.15) is 0 Å². The topological polar surface area (TPSA) is 27.7 Å². The Morgan fingerprint density at radius 2 is 1.69 bits per heavy atom. The van der Waals surface area contributed by atoms with Gasteiger partial charge in [0.05, 0.1) is 26.4 Å². The Bertz CT molecular complexity index is 176. The molecule has 1 atom stereocenters. The van der Waals surface area contributed by atoms with Crippen molar-refractivity contribution in [1.29, 1.82) is 0 Å². The van der Waals surface area contributed by atoms with E-state index in [-0.39, 0.29) is 5.41 Å². The number of ether oxygens (including phenoxy) is 3. The summed E-state index contributed by atoms with van der Waals surface area (Å²) in [5, 5.41) is 0. The number of hydrogen-bond donors (Lipinski definition) is 0. The molecule has 0 aromatic rings. The molecule has 0 aliphatic carbocycles. The molecule has 0 aromatic carbocycles. The van der Waals surface area contributed by atoms with Crippen LogP contribution in [0.3, 0.4) is 0 Å². The van der Waals surface area contributed by atoms with E-state index in [9.17, 15) is 0 Å². The van der Waals surface area contributed by atoms with Gasteiger partial charge in [-0.05, 0) is 6.42 Å². The standard InChI is InChI=1S/C12H23ClO3/c1-4-12(2,11-13)5-6-15-9-10-16-8-7-14-3/h4H,1,5-11H2,2-3H3. The lowest BCUT2D eigenvalue weighted by atomic mass is 9.90. The molecule has 0 saturated carbocycles. The second-order valence-electron chi connectivity index (χ2n) is 3.96. The number of halogens is 1. The van der Waals surface area contributed by atoms with E-state index in [1.807, 2.05) is 6.08 Å². The van der Waals surface area contributed by atoms with Crippen LogP contribution < -0.4 is 0 Å². The van der Waals surface area contributed by atoms with Crippen LogP contribution in [0.15, 0.2) is 12.7 Å². The van der Waals surface area contributed by atoms with Crippen molar-refractivity contribution in [3.05, 3.63) is 12.7 Å². The van der Waals surface area contributed by atoms with Crippen molar-refractivity contribution in [2.45, 2.75) is 13.3 Å². The highest BCUT2D eigenvalue weighted by Crippen LogP contribution is 2.23. The van der Waals surface area contributed by atoms with Gasteiger partial charge in [-0.15, -0.1) is 18.2 Å². The molecule has 16 heavy (non-hydrogen) atoms. The third-order valence-electron chi connectivity index (χ3n) is 2.42. The van der Waals surface area contributed by atoms with Crippen LogP contribution in [0.5, 0.6) is 0 Å². The maximum Gasteiger partial charge on any atom is 0.0701 e. The lowest BCUT2D eigenvalue weighted by molar-refractivity contribution is 0.0206. The van der Waals surface area contributed by atoms with Gasteiger partial charge in [0.15, 0.2) is 0 Å². The zero-order valence-electron chi connectivity index (χ0n) is 10.3. The highest BCUT2D eigenvalue weighted by atomic mass is 35.5. The summed E-state index contributed by atoms with van der Waals surface area (Å²) >= 11 is 5.84. The maximum absolute atomic E-state index is 5.84. The van der Waals surface area contributed by atoms with E-state index in [4.69, 9.17) is 25.8 Å². The molecule has 3 nitrogen and oxygen atoms in total. The molecule has 0 fully saturated rings. The van der Waals surface area contributed by atoms with Crippen molar-refractivity contribution in [3.63, 3.8) is 0 Å². The summed E-state index contributed by atoms with van der Waals surface area (Å²) in [4.78, 5) is 0. The van der Waals surface area contributed by atoms with Crippen LogP contribution in [-0.4, -0.2) is 46.0 Å². The van der Waals surface area contributed by atoms with Crippen molar-refractivity contribution in [2.24, 2.45) is 5.41 Å². The minimum atomic E-state index is -0.0293. The van der Waals surface area contributed by atoms with Crippen molar-refractivity contribution >= 4 is 11.6 Å². The van der Waals surface area contributed by atoms with E-state index in [1.165, 1.54) is 0 Å². The lowest BCUT2D eigenvalue weighted by Gasteiger charge is -2.22. The second-order valence-corrected chi connectivity index (χ2v) is 4.23. The van der Waals surface area contributed by atoms with Gasteiger partial charge < -0.3 is 14.2 Å². The van der Waals surface area contributed by atoms with Gasteiger partial charge in [0.1, 0.15) is 0 Å². The number of allylic oxidation sites excluding steroid dienone is 1. The first-order chi connectivity index (χ1) is 7.68. The van der Waals surface area contributed by atoms with Crippen LogP contribution in [0.2, 0.25) is 0 Å². The molecule has 0 aliphatic rings. The monoisotopic (exact) mass is 250 g/mol. The molecule has 0 spiro atoms. The van der Waals surface area contributed by atoms with E-state index in [0.717, 1.165) is 6.42 Å². The van der Waals surface area contributed by atoms with Gasteiger partial charge in [0.2, 0.25) is 0 Å². The van der Waals surface area contributed by atoms with Crippen LogP contribution in [0.4, 0.5) is 0 Å². The Morgan fingerprint density at radius 1 is 1.12 bits per heavy atom. The van der Waals surface area contributed by atoms with E-state index < -0.39 is 0 Å². The molecular weight excluding hydrogens is 228 g/mol. The Labute approximate surface area is 104 Å². The first-order valence-electron chi connectivity index (χ1n) is 5.52. The maximum atomic E-state index is 5.84. The van der Waals surface area contributed by atoms with Crippen LogP contribution in [-0.2, 0) is 14.2 Å². The molecule has 0 aromatic heterocycles. The Hall–Kier alpha value is -0.0900. The average molecular weight is 251 g/mol. The molecule has 0 bridgehead atoms. The van der Waals surface area contributed by atoms with Crippen molar-refractivity contribution in [3.8, 4) is 0 Å². The van der Waals surface area contributed by atoms with Gasteiger partial charge in [-0.25, -0.2) is 0 Å². The van der Waals surface area contributed by atoms with Gasteiger partial charge >= 0.3 is 0 Å². The van der Waals surface area contributed by atoms with Gasteiger partial charge in [-0.3, -0.25) is 0 Å². The minimum absolute atomic E-state index is 0.0293. The molecular formula is C12H23ClO3. The van der Waals surface area contributed by atoms with Crippen LogP contribution >= 0.6 is 11.6 Å². The number of rotatable bonds is 11. The van der Waals surface area contributed by atoms with Gasteiger partial charge in [0, 0.05) is 25.0 Å². The smallest absolute Gasteiger partial charge is 0.0701 e. The lowest BCUT2D eigenvalue weighted by Crippen LogP contribution is -2.18. The zero-order chi connectivity index (χ0) is 12.3. The number of hydrogen-bond acceptors (Lipinski definition) is 3. The molecule has 0 saturated heterocycles. The Kier molecular flexibility index (Phi) is 10.0. The van der Waals surface area contributed by atoms with E-state index >= 15 is 0 Å². The van der Waals surface area contributed by atoms with Crippen LogP contribution in [0, 0.1) is 5.41 Å². The van der Waals surface area contributed by atoms with Crippen molar-refractivity contribution < 1.29 is 14.2 Å². The quantitative estimate of drug-likeness (QED) is 0.320. The highest BCUT2D eigenvalue weighted by Gasteiger charge is 2.18. The predicted octanol–water partition coefficient (Wildman–Crippen LogP) is 2.49. The minimum Gasteiger partial charge on any atom is -0.382 e. The summed E-state index contributed by atoms with van der Waals surface area (Å²) < 4.78 is 15.6. The summed E-state index contributed by atoms with van der Waals surface area (Å²) in [5.41, 5.74) is -0.0293. The molecule has 0 amide bonds. The fourth-order valence-electron chi connectivity index (χ4n) is 0.993. The van der Waals surface area contributed by atoms with Crippen LogP contribution in [0.1, 0.15) is 13.3 Å². The SMILES string of the molecule is C=CC(C)(CCl)CCOCCOCCOC. The Balaban J connectivity index is 3.29. The summed E-state index contributed by atoms with van der Waals surface area (Å²) in [6, 6.07) is 0. The van der Waals surface area contributed by atoms with Crippen molar-refractivity contribution in [1.82, 2.24) is 0 Å². The molecule has 0 heterocycles. The largest absolute Gasteiger partial charge is 0.382 e. The van der Waals surface area contributed by atoms with Crippen LogP contribution in [0.25, 0.3) is 0 Å². The molecule has 0 N–H and O–H groups in total. The molecule has 0 radical (unpaired) electrons. The van der Waals surface area contributed by atoms with Crippen molar-refractivity contribution in [2.75, 3.05) is 46.0 Å². The van der Waals surface area contributed by atoms with E-state index in [2.05, 4.69) is 13.5 Å². The third kappa shape index (κ3) is 8.11. The van der Waals surface area contributed by atoms with Gasteiger partial charge in [0.25, 0.3) is 0 Å². The molecule has 4 heteroatoms. The average Bonchev–Trinajstić information content (AvgIpc) is 2.32. The fraction of sp³-hybridized carbons (Fsp3) is 0.833. The van der Waals surface area contributed by atoms with E-state index in [0.29, 0.717) is 38.9 Å². The van der Waals surface area contributed by atoms with Gasteiger partial charge in [-0.1, -0.05) is 13.0 Å². The predicted molar refractivity (Wildman–Crippen MR) is 67.2 cm³/mol. The molecule has 96 valence electrons. The molecule has 1 unspecified atom stereocenters. The zero-order valence-corrected chi connectivity index (χ0v) is 11.1. The highest BCUT2D eigenvalue weighted by molar-refractivity contribution is 6.18. The summed E-state index contributed by atoms with van der Waals surface area (Å²) in [5.74, 6) is 0.574. The Morgan fingerprint density at radius 3 is 2.19 bits per heavy atom. The fourth-order valence-corrected chi connectivity index (χ4v) is 1.24. The number of alkyl halides is 1. The van der Waals surface area contributed by atoms with E-state index in [1.54, 1.807) is 7.11 Å². The first-order valence-corrected chi connectivity index (χ1v) is 6.06. The molecule has 0 rings (SSSR count). The summed E-state index contributed by atoms with van der Waals surface area (Å²) in [7, 11) is 1.65. The normalized spacial score (nSPS) is 14.7. The third-order valence-corrected chi connectivity index (χ3v) is 3.03.